The molecule has 2 aromatic rings. The van der Waals surface area contributed by atoms with Crippen molar-refractivity contribution in [1.29, 1.82) is 0 Å². The fraction of sp³-hybridized carbons (Fsp3) is 0.474. The Bertz CT molecular complexity index is 690. The summed E-state index contributed by atoms with van der Waals surface area (Å²) in [5.41, 5.74) is 1.16. The van der Waals surface area contributed by atoms with Gasteiger partial charge in [-0.15, -0.1) is 35.3 Å². The highest BCUT2D eigenvalue weighted by Gasteiger charge is 2.07. The van der Waals surface area contributed by atoms with Crippen molar-refractivity contribution in [3.05, 3.63) is 45.9 Å². The largest absolute Gasteiger partial charge is 0.491 e. The van der Waals surface area contributed by atoms with Crippen LogP contribution in [0.4, 0.5) is 0 Å². The van der Waals surface area contributed by atoms with E-state index >= 15 is 0 Å². The average Bonchev–Trinajstić information content (AvgIpc) is 3.08. The van der Waals surface area contributed by atoms with Crippen LogP contribution < -0.4 is 10.1 Å². The van der Waals surface area contributed by atoms with Crippen molar-refractivity contribution in [2.24, 2.45) is 4.99 Å². The summed E-state index contributed by atoms with van der Waals surface area (Å²) < 4.78 is 5.86. The average molecular weight is 488 g/mol. The number of benzene rings is 1. The molecule has 2 rings (SSSR count). The van der Waals surface area contributed by atoms with Gasteiger partial charge in [0, 0.05) is 38.1 Å². The molecular weight excluding hydrogens is 459 g/mol. The lowest BCUT2D eigenvalue weighted by atomic mass is 10.2. The number of hydrogen-bond acceptors (Lipinski definition) is 4. The standard InChI is InChI=1S/C19H28N4OS.HI/c1-5-16-14-22-18(25-16)10-11-21-19(20-3)23(4)12-13-24-17-9-7-6-8-15(17)2;/h6-9,14H,5,10-13H2,1-4H3,(H,20,21);1H. The number of hydrogen-bond donors (Lipinski definition) is 1. The Morgan fingerprint density at radius 2 is 2.12 bits per heavy atom. The number of para-hydroxylation sites is 1. The molecular formula is C19H29IN4OS. The van der Waals surface area contributed by atoms with Crippen LogP contribution in [0, 0.1) is 6.92 Å². The van der Waals surface area contributed by atoms with Crippen molar-refractivity contribution in [3.63, 3.8) is 0 Å². The van der Waals surface area contributed by atoms with Gasteiger partial charge in [-0.05, 0) is 25.0 Å². The van der Waals surface area contributed by atoms with E-state index < -0.39 is 0 Å². The zero-order valence-corrected chi connectivity index (χ0v) is 19.1. The number of likely N-dealkylation sites (N-methyl/N-ethyl adjacent to an activating group) is 1. The van der Waals surface area contributed by atoms with Gasteiger partial charge in [0.2, 0.25) is 0 Å². The summed E-state index contributed by atoms with van der Waals surface area (Å²) in [5.74, 6) is 1.81. The Morgan fingerprint density at radius 3 is 2.77 bits per heavy atom. The molecule has 26 heavy (non-hydrogen) atoms. The number of ether oxygens (including phenoxy) is 1. The molecule has 1 N–H and O–H groups in total. The summed E-state index contributed by atoms with van der Waals surface area (Å²) in [6, 6.07) is 8.07. The van der Waals surface area contributed by atoms with Crippen molar-refractivity contribution in [2.45, 2.75) is 26.7 Å². The SMILES string of the molecule is CCc1cnc(CCNC(=NC)N(C)CCOc2ccccc2C)s1.I. The molecule has 0 spiro atoms. The summed E-state index contributed by atoms with van der Waals surface area (Å²) in [6.07, 6.45) is 3.94. The van der Waals surface area contributed by atoms with Crippen LogP contribution in [0.3, 0.4) is 0 Å². The molecule has 1 heterocycles. The first-order valence-corrected chi connectivity index (χ1v) is 9.49. The van der Waals surface area contributed by atoms with Gasteiger partial charge in [0.25, 0.3) is 0 Å². The van der Waals surface area contributed by atoms with Crippen molar-refractivity contribution in [2.75, 3.05) is 33.8 Å². The second-order valence-corrected chi connectivity index (χ2v) is 7.03. The maximum atomic E-state index is 5.86. The van der Waals surface area contributed by atoms with Crippen LogP contribution in [0.15, 0.2) is 35.5 Å². The molecule has 0 aliphatic rings. The first kappa shape index (κ1) is 22.7. The smallest absolute Gasteiger partial charge is 0.193 e. The molecule has 0 aliphatic heterocycles. The summed E-state index contributed by atoms with van der Waals surface area (Å²) in [4.78, 5) is 12.2. The molecule has 0 saturated heterocycles. The van der Waals surface area contributed by atoms with Crippen molar-refractivity contribution < 1.29 is 4.74 Å². The molecule has 0 unspecified atom stereocenters. The van der Waals surface area contributed by atoms with E-state index in [0.717, 1.165) is 43.2 Å². The van der Waals surface area contributed by atoms with Crippen LogP contribution >= 0.6 is 35.3 Å². The molecule has 1 aromatic heterocycles. The molecule has 0 atom stereocenters. The Kier molecular flexibility index (Phi) is 10.6. The molecule has 0 bridgehead atoms. The van der Waals surface area contributed by atoms with Gasteiger partial charge in [0.15, 0.2) is 5.96 Å². The van der Waals surface area contributed by atoms with Crippen LogP contribution in [0.25, 0.3) is 0 Å². The number of aromatic nitrogens is 1. The van der Waals surface area contributed by atoms with E-state index in [-0.39, 0.29) is 24.0 Å². The number of aryl methyl sites for hydroxylation is 2. The minimum absolute atomic E-state index is 0. The number of halogens is 1. The number of aliphatic imine (C=N–C) groups is 1. The lowest BCUT2D eigenvalue weighted by Crippen LogP contribution is -2.41. The second-order valence-electron chi connectivity index (χ2n) is 5.83. The van der Waals surface area contributed by atoms with E-state index in [9.17, 15) is 0 Å². The fourth-order valence-electron chi connectivity index (χ4n) is 2.41. The third-order valence-corrected chi connectivity index (χ3v) is 5.12. The number of nitrogens with zero attached hydrogens (tertiary/aromatic N) is 3. The Labute approximate surface area is 177 Å². The van der Waals surface area contributed by atoms with Gasteiger partial charge >= 0.3 is 0 Å². The molecule has 7 heteroatoms. The summed E-state index contributed by atoms with van der Waals surface area (Å²) in [5, 5.41) is 4.56. The van der Waals surface area contributed by atoms with E-state index in [1.165, 1.54) is 9.88 Å². The minimum Gasteiger partial charge on any atom is -0.491 e. The zero-order valence-electron chi connectivity index (χ0n) is 16.0. The number of thiazole rings is 1. The van der Waals surface area contributed by atoms with E-state index in [2.05, 4.69) is 40.1 Å². The van der Waals surface area contributed by atoms with E-state index in [4.69, 9.17) is 4.74 Å². The zero-order chi connectivity index (χ0) is 18.1. The quantitative estimate of drug-likeness (QED) is 0.349. The van der Waals surface area contributed by atoms with Crippen LogP contribution in [0.1, 0.15) is 22.4 Å². The number of guanidine groups is 1. The second kappa shape index (κ2) is 12.1. The van der Waals surface area contributed by atoms with E-state index in [1.54, 1.807) is 18.4 Å². The predicted octanol–water partition coefficient (Wildman–Crippen LogP) is 3.76. The predicted molar refractivity (Wildman–Crippen MR) is 121 cm³/mol. The molecule has 0 amide bonds. The Balaban J connectivity index is 0.00000338. The minimum atomic E-state index is 0. The monoisotopic (exact) mass is 488 g/mol. The molecule has 0 aliphatic carbocycles. The highest BCUT2D eigenvalue weighted by Crippen LogP contribution is 2.16. The molecule has 0 saturated carbocycles. The first-order chi connectivity index (χ1) is 12.1. The highest BCUT2D eigenvalue weighted by atomic mass is 127. The normalized spacial score (nSPS) is 11.0. The highest BCUT2D eigenvalue weighted by molar-refractivity contribution is 14.0. The number of nitrogens with one attached hydrogen (secondary N) is 1. The van der Waals surface area contributed by atoms with Crippen molar-refractivity contribution in [1.82, 2.24) is 15.2 Å². The van der Waals surface area contributed by atoms with E-state index in [1.807, 2.05) is 31.4 Å². The number of rotatable bonds is 8. The van der Waals surface area contributed by atoms with Gasteiger partial charge in [0.05, 0.1) is 11.6 Å². The summed E-state index contributed by atoms with van der Waals surface area (Å²) >= 11 is 1.79. The maximum absolute atomic E-state index is 5.86. The van der Waals surface area contributed by atoms with Crippen molar-refractivity contribution in [3.8, 4) is 5.75 Å². The van der Waals surface area contributed by atoms with Crippen LogP contribution in [0.2, 0.25) is 0 Å². The van der Waals surface area contributed by atoms with Gasteiger partial charge in [-0.1, -0.05) is 25.1 Å². The van der Waals surface area contributed by atoms with Gasteiger partial charge < -0.3 is 15.0 Å². The molecule has 1 aromatic carbocycles. The molecule has 0 fully saturated rings. The summed E-state index contributed by atoms with van der Waals surface area (Å²) in [7, 11) is 3.83. The van der Waals surface area contributed by atoms with Crippen LogP contribution in [-0.2, 0) is 12.8 Å². The lowest BCUT2D eigenvalue weighted by molar-refractivity contribution is 0.280. The third-order valence-electron chi connectivity index (χ3n) is 3.92. The molecule has 144 valence electrons. The van der Waals surface area contributed by atoms with Crippen LogP contribution in [0.5, 0.6) is 5.75 Å². The lowest BCUT2D eigenvalue weighted by Gasteiger charge is -2.22. The topological polar surface area (TPSA) is 49.8 Å². The van der Waals surface area contributed by atoms with Crippen LogP contribution in [-0.4, -0.2) is 49.6 Å². The van der Waals surface area contributed by atoms with Crippen molar-refractivity contribution >= 4 is 41.3 Å². The Morgan fingerprint density at radius 1 is 1.35 bits per heavy atom. The molecule has 0 radical (unpaired) electrons. The maximum Gasteiger partial charge on any atom is 0.193 e. The first-order valence-electron chi connectivity index (χ1n) is 8.67. The van der Waals surface area contributed by atoms with E-state index in [0.29, 0.717) is 6.61 Å². The molecule has 5 nitrogen and oxygen atoms in total. The van der Waals surface area contributed by atoms with Gasteiger partial charge in [-0.3, -0.25) is 4.99 Å². The summed E-state index contributed by atoms with van der Waals surface area (Å²) in [6.45, 7) is 6.43. The van der Waals surface area contributed by atoms with Gasteiger partial charge in [-0.2, -0.15) is 0 Å². The third kappa shape index (κ3) is 7.11. The fourth-order valence-corrected chi connectivity index (χ4v) is 3.27. The Hall–Kier alpha value is -1.35. The van der Waals surface area contributed by atoms with Gasteiger partial charge in [-0.25, -0.2) is 4.98 Å². The van der Waals surface area contributed by atoms with Gasteiger partial charge in [0.1, 0.15) is 12.4 Å².